The van der Waals surface area contributed by atoms with E-state index in [4.69, 9.17) is 5.73 Å². The lowest BCUT2D eigenvalue weighted by Crippen LogP contribution is -2.52. The van der Waals surface area contributed by atoms with Crippen molar-refractivity contribution in [2.75, 3.05) is 5.73 Å². The molecule has 2 aliphatic rings. The fourth-order valence-corrected chi connectivity index (χ4v) is 4.24. The van der Waals surface area contributed by atoms with Crippen molar-refractivity contribution in [1.82, 2.24) is 20.5 Å². The Hall–Kier alpha value is -2.78. The van der Waals surface area contributed by atoms with Crippen molar-refractivity contribution in [2.24, 2.45) is 0 Å². The van der Waals surface area contributed by atoms with Crippen LogP contribution in [0.5, 0.6) is 0 Å². The van der Waals surface area contributed by atoms with Gasteiger partial charge in [-0.3, -0.25) is 19.7 Å². The van der Waals surface area contributed by atoms with Crippen molar-refractivity contribution in [3.8, 4) is 0 Å². The maximum atomic E-state index is 12.9. The number of amides is 3. The summed E-state index contributed by atoms with van der Waals surface area (Å²) >= 11 is 1.41. The summed E-state index contributed by atoms with van der Waals surface area (Å²) in [6.45, 7) is 2.98. The third-order valence-electron chi connectivity index (χ3n) is 5.19. The van der Waals surface area contributed by atoms with Crippen LogP contribution in [0, 0.1) is 0 Å². The lowest BCUT2D eigenvalue weighted by molar-refractivity contribution is -0.136. The largest absolute Gasteiger partial charge is 0.375 e. The zero-order chi connectivity index (χ0) is 19.8. The number of imide groups is 1. The summed E-state index contributed by atoms with van der Waals surface area (Å²) in [6.07, 6.45) is 0.623. The van der Waals surface area contributed by atoms with Crippen molar-refractivity contribution in [3.05, 3.63) is 46.0 Å². The van der Waals surface area contributed by atoms with Gasteiger partial charge in [0, 0.05) is 36.5 Å². The first kappa shape index (κ1) is 18.6. The van der Waals surface area contributed by atoms with Gasteiger partial charge in [0.15, 0.2) is 5.13 Å². The van der Waals surface area contributed by atoms with E-state index in [-0.39, 0.29) is 24.3 Å². The molecule has 1 saturated heterocycles. The number of nitrogens with zero attached hydrogens (tertiary/aromatic N) is 2. The fraction of sp³-hybridized carbons (Fsp3) is 0.368. The second-order valence-corrected chi connectivity index (χ2v) is 7.99. The van der Waals surface area contributed by atoms with Crippen molar-refractivity contribution in [2.45, 2.75) is 44.9 Å². The Labute approximate surface area is 166 Å². The second-order valence-electron chi connectivity index (χ2n) is 7.10. The van der Waals surface area contributed by atoms with Crippen molar-refractivity contribution in [1.29, 1.82) is 0 Å². The minimum atomic E-state index is -0.589. The van der Waals surface area contributed by atoms with Crippen molar-refractivity contribution in [3.63, 3.8) is 0 Å². The van der Waals surface area contributed by atoms with Crippen LogP contribution in [0.25, 0.3) is 0 Å². The van der Waals surface area contributed by atoms with Gasteiger partial charge in [-0.2, -0.15) is 0 Å². The van der Waals surface area contributed by atoms with Gasteiger partial charge in [-0.1, -0.05) is 12.1 Å². The van der Waals surface area contributed by atoms with E-state index in [2.05, 4.69) is 15.6 Å². The van der Waals surface area contributed by atoms with E-state index in [9.17, 15) is 14.4 Å². The summed E-state index contributed by atoms with van der Waals surface area (Å²) in [5, 5.41) is 8.17. The molecule has 8 nitrogen and oxygen atoms in total. The molecule has 1 fully saturated rings. The van der Waals surface area contributed by atoms with Crippen LogP contribution in [0.3, 0.4) is 0 Å². The van der Waals surface area contributed by atoms with E-state index >= 15 is 0 Å². The van der Waals surface area contributed by atoms with Crippen LogP contribution in [0.4, 0.5) is 5.13 Å². The number of anilines is 1. The number of nitrogens with one attached hydrogen (secondary N) is 2. The Morgan fingerprint density at radius 1 is 1.39 bits per heavy atom. The molecule has 2 aliphatic heterocycles. The lowest BCUT2D eigenvalue weighted by Gasteiger charge is -2.29. The predicted molar refractivity (Wildman–Crippen MR) is 104 cm³/mol. The molecule has 4 rings (SSSR count). The Balaban J connectivity index is 1.44. The molecule has 2 atom stereocenters. The van der Waals surface area contributed by atoms with E-state index in [1.54, 1.807) is 4.90 Å². The molecule has 146 valence electrons. The molecule has 2 aromatic rings. The predicted octanol–water partition coefficient (Wildman–Crippen LogP) is 1.34. The first-order valence-electron chi connectivity index (χ1n) is 9.13. The number of carbonyl (C=O) groups excluding carboxylic acids is 3. The molecule has 28 heavy (non-hydrogen) atoms. The smallest absolute Gasteiger partial charge is 0.255 e. The van der Waals surface area contributed by atoms with E-state index in [0.29, 0.717) is 30.2 Å². The molecule has 4 N–H and O–H groups in total. The van der Waals surface area contributed by atoms with Gasteiger partial charge in [0.2, 0.25) is 11.8 Å². The number of nitrogens with two attached hydrogens (primary N) is 1. The SMILES string of the molecule is CC(NCc1ccc2c(c1)C(=O)N(C1CCC(=O)NC1=O)C2)c1csc(N)n1. The number of carbonyl (C=O) groups is 3. The van der Waals surface area contributed by atoms with Crippen LogP contribution in [-0.2, 0) is 22.7 Å². The van der Waals surface area contributed by atoms with Crippen LogP contribution in [0.2, 0.25) is 0 Å². The second kappa shape index (κ2) is 7.33. The molecule has 3 amide bonds. The number of nitrogen functional groups attached to an aromatic ring is 1. The van der Waals surface area contributed by atoms with E-state index in [0.717, 1.165) is 16.8 Å². The van der Waals surface area contributed by atoms with Gasteiger partial charge < -0.3 is 16.0 Å². The molecule has 2 unspecified atom stereocenters. The summed E-state index contributed by atoms with van der Waals surface area (Å²) in [6, 6.07) is 5.24. The summed E-state index contributed by atoms with van der Waals surface area (Å²) in [4.78, 5) is 42.2. The van der Waals surface area contributed by atoms with Crippen LogP contribution >= 0.6 is 11.3 Å². The number of fused-ring (bicyclic) bond motifs is 1. The summed E-state index contributed by atoms with van der Waals surface area (Å²) in [5.74, 6) is -0.836. The standard InChI is InChI=1S/C19H21N5O3S/c1-10(14-9-28-19(20)22-14)21-7-11-2-3-12-8-24(18(27)13(12)6-11)15-4-5-16(25)23-17(15)26/h2-3,6,9-10,15,21H,4-5,7-8H2,1H3,(H2,20,22)(H,23,25,26). The van der Waals surface area contributed by atoms with Crippen LogP contribution in [-0.4, -0.2) is 33.6 Å². The normalized spacial score (nSPS) is 20.2. The molecule has 3 heterocycles. The zero-order valence-electron chi connectivity index (χ0n) is 15.4. The third-order valence-corrected chi connectivity index (χ3v) is 5.88. The van der Waals surface area contributed by atoms with Crippen molar-refractivity contribution >= 4 is 34.2 Å². The van der Waals surface area contributed by atoms with E-state index in [1.807, 2.05) is 30.5 Å². The average molecular weight is 399 g/mol. The monoisotopic (exact) mass is 399 g/mol. The molecular weight excluding hydrogens is 378 g/mol. The number of aromatic nitrogens is 1. The van der Waals surface area contributed by atoms with E-state index < -0.39 is 11.9 Å². The Morgan fingerprint density at radius 2 is 2.21 bits per heavy atom. The minimum Gasteiger partial charge on any atom is -0.375 e. The molecule has 0 saturated carbocycles. The number of hydrogen-bond acceptors (Lipinski definition) is 7. The summed E-state index contributed by atoms with van der Waals surface area (Å²) in [5.41, 5.74) is 9.08. The number of benzene rings is 1. The first-order valence-corrected chi connectivity index (χ1v) is 10.0. The van der Waals surface area contributed by atoms with Gasteiger partial charge in [0.1, 0.15) is 6.04 Å². The molecule has 0 radical (unpaired) electrons. The van der Waals surface area contributed by atoms with Gasteiger partial charge in [0.05, 0.1) is 5.69 Å². The minimum absolute atomic E-state index is 0.0393. The van der Waals surface area contributed by atoms with Crippen LogP contribution < -0.4 is 16.4 Å². The Kier molecular flexibility index (Phi) is 4.86. The quantitative estimate of drug-likeness (QED) is 0.653. The highest BCUT2D eigenvalue weighted by Crippen LogP contribution is 2.28. The Morgan fingerprint density at radius 3 is 2.93 bits per heavy atom. The molecule has 1 aromatic carbocycles. The highest BCUT2D eigenvalue weighted by molar-refractivity contribution is 7.13. The molecule has 0 spiro atoms. The average Bonchev–Trinajstić information content (AvgIpc) is 3.24. The third kappa shape index (κ3) is 3.50. The maximum Gasteiger partial charge on any atom is 0.255 e. The van der Waals surface area contributed by atoms with Gasteiger partial charge in [-0.15, -0.1) is 11.3 Å². The fourth-order valence-electron chi connectivity index (χ4n) is 3.59. The summed E-state index contributed by atoms with van der Waals surface area (Å²) < 4.78 is 0. The zero-order valence-corrected chi connectivity index (χ0v) is 16.2. The van der Waals surface area contributed by atoms with Gasteiger partial charge in [0.25, 0.3) is 5.91 Å². The molecule has 9 heteroatoms. The number of thiazole rings is 1. The van der Waals surface area contributed by atoms with Crippen LogP contribution in [0.1, 0.15) is 53.0 Å². The molecule has 1 aromatic heterocycles. The Bertz CT molecular complexity index is 957. The first-order chi connectivity index (χ1) is 13.4. The van der Waals surface area contributed by atoms with Gasteiger partial charge in [-0.25, -0.2) is 4.98 Å². The highest BCUT2D eigenvalue weighted by atomic mass is 32.1. The van der Waals surface area contributed by atoms with Crippen molar-refractivity contribution < 1.29 is 14.4 Å². The molecule has 0 aliphatic carbocycles. The topological polar surface area (TPSA) is 117 Å². The molecule has 0 bridgehead atoms. The van der Waals surface area contributed by atoms with E-state index in [1.165, 1.54) is 11.3 Å². The number of rotatable bonds is 5. The maximum absolute atomic E-state index is 12.9. The highest BCUT2D eigenvalue weighted by Gasteiger charge is 2.39. The van der Waals surface area contributed by atoms with Gasteiger partial charge in [-0.05, 0) is 30.5 Å². The number of hydrogen-bond donors (Lipinski definition) is 3. The van der Waals surface area contributed by atoms with Crippen LogP contribution in [0.15, 0.2) is 23.6 Å². The lowest BCUT2D eigenvalue weighted by atomic mass is 10.0. The molecular formula is C19H21N5O3S. The summed E-state index contributed by atoms with van der Waals surface area (Å²) in [7, 11) is 0. The van der Waals surface area contributed by atoms with Gasteiger partial charge >= 0.3 is 0 Å². The number of piperidine rings is 1.